The summed E-state index contributed by atoms with van der Waals surface area (Å²) < 4.78 is 26.8. The molecule has 0 aliphatic heterocycles. The van der Waals surface area contributed by atoms with Crippen molar-refractivity contribution in [3.63, 3.8) is 0 Å². The molecular formula is C27H30F2N4O3. The van der Waals surface area contributed by atoms with Gasteiger partial charge in [-0.3, -0.25) is 9.59 Å². The Labute approximate surface area is 208 Å². The van der Waals surface area contributed by atoms with Gasteiger partial charge in [0.2, 0.25) is 5.91 Å². The van der Waals surface area contributed by atoms with Gasteiger partial charge in [0.05, 0.1) is 17.6 Å². The summed E-state index contributed by atoms with van der Waals surface area (Å²) in [6.07, 6.45) is 4.08. The van der Waals surface area contributed by atoms with E-state index in [9.17, 15) is 18.4 Å². The number of pyridine rings is 1. The molecule has 1 saturated carbocycles. The highest BCUT2D eigenvalue weighted by molar-refractivity contribution is 5.96. The summed E-state index contributed by atoms with van der Waals surface area (Å²) in [5.41, 5.74) is 9.15. The molecule has 0 spiro atoms. The number of nitrogen functional groups attached to an aromatic ring is 1. The average molecular weight is 497 g/mol. The Morgan fingerprint density at radius 1 is 1.17 bits per heavy atom. The maximum absolute atomic E-state index is 13.4. The Morgan fingerprint density at radius 2 is 1.83 bits per heavy atom. The summed E-state index contributed by atoms with van der Waals surface area (Å²) in [5, 5.41) is 14.5. The van der Waals surface area contributed by atoms with Crippen molar-refractivity contribution in [1.29, 1.82) is 0 Å². The molecule has 7 nitrogen and oxygen atoms in total. The molecule has 0 radical (unpaired) electrons. The molecule has 1 fully saturated rings. The van der Waals surface area contributed by atoms with Crippen LogP contribution in [-0.2, 0) is 4.79 Å². The molecule has 0 bridgehead atoms. The summed E-state index contributed by atoms with van der Waals surface area (Å²) >= 11 is 0. The van der Waals surface area contributed by atoms with E-state index in [0.29, 0.717) is 23.6 Å². The molecular weight excluding hydrogens is 466 g/mol. The van der Waals surface area contributed by atoms with Crippen molar-refractivity contribution >= 4 is 23.7 Å². The number of nitrogens with two attached hydrogens (primary N) is 1. The molecule has 1 amide bonds. The summed E-state index contributed by atoms with van der Waals surface area (Å²) in [5.74, 6) is -2.43. The van der Waals surface area contributed by atoms with Crippen LogP contribution >= 0.6 is 0 Å². The van der Waals surface area contributed by atoms with Gasteiger partial charge in [0.25, 0.3) is 0 Å². The van der Waals surface area contributed by atoms with Gasteiger partial charge in [0.1, 0.15) is 17.5 Å². The van der Waals surface area contributed by atoms with E-state index >= 15 is 0 Å². The van der Waals surface area contributed by atoms with E-state index in [1.807, 2.05) is 14.0 Å². The summed E-state index contributed by atoms with van der Waals surface area (Å²) in [4.78, 5) is 27.6. The molecule has 9 heteroatoms. The van der Waals surface area contributed by atoms with Crippen LogP contribution in [0.2, 0.25) is 0 Å². The lowest BCUT2D eigenvalue weighted by Crippen LogP contribution is -2.42. The first-order valence-corrected chi connectivity index (χ1v) is 11.5. The first kappa shape index (κ1) is 26.9. The number of halogens is 2. The number of amides is 1. The van der Waals surface area contributed by atoms with E-state index in [-0.39, 0.29) is 23.4 Å². The summed E-state index contributed by atoms with van der Waals surface area (Å²) in [6.45, 7) is 3.43. The van der Waals surface area contributed by atoms with Crippen LogP contribution in [0.3, 0.4) is 0 Å². The number of nitrogens with zero attached hydrogens (tertiary/aromatic N) is 1. The Balaban J connectivity index is 0.000000444. The minimum absolute atomic E-state index is 0.0163. The minimum Gasteiger partial charge on any atom is -0.393 e. The van der Waals surface area contributed by atoms with Gasteiger partial charge in [0.15, 0.2) is 6.29 Å². The summed E-state index contributed by atoms with van der Waals surface area (Å²) in [6, 6.07) is 10.5. The maximum atomic E-state index is 13.4. The van der Waals surface area contributed by atoms with Crippen LogP contribution in [0, 0.1) is 18.6 Å². The second kappa shape index (κ2) is 11.8. The molecule has 2 aromatic carbocycles. The van der Waals surface area contributed by atoms with E-state index in [4.69, 9.17) is 10.8 Å². The minimum atomic E-state index is -0.739. The van der Waals surface area contributed by atoms with Gasteiger partial charge in [0, 0.05) is 29.6 Å². The van der Waals surface area contributed by atoms with Gasteiger partial charge in [-0.25, -0.2) is 13.8 Å². The molecule has 190 valence electrons. The predicted molar refractivity (Wildman–Crippen MR) is 136 cm³/mol. The first-order valence-electron chi connectivity index (χ1n) is 11.5. The number of nitrogens with one attached hydrogen (secondary N) is 2. The third-order valence-electron chi connectivity index (χ3n) is 6.18. The molecule has 1 unspecified atom stereocenters. The van der Waals surface area contributed by atoms with E-state index < -0.39 is 17.6 Å². The molecule has 1 atom stereocenters. The largest absolute Gasteiger partial charge is 0.393 e. The third kappa shape index (κ3) is 6.71. The Bertz CT molecular complexity index is 1230. The highest BCUT2D eigenvalue weighted by Gasteiger charge is 2.24. The molecule has 36 heavy (non-hydrogen) atoms. The highest BCUT2D eigenvalue weighted by atomic mass is 19.1. The monoisotopic (exact) mass is 496 g/mol. The molecule has 1 aliphatic carbocycles. The fourth-order valence-corrected chi connectivity index (χ4v) is 3.85. The first-order chi connectivity index (χ1) is 17.1. The van der Waals surface area contributed by atoms with Crippen molar-refractivity contribution in [3.05, 3.63) is 77.0 Å². The van der Waals surface area contributed by atoms with Crippen molar-refractivity contribution in [3.8, 4) is 11.1 Å². The quantitative estimate of drug-likeness (QED) is 0.380. The van der Waals surface area contributed by atoms with Crippen molar-refractivity contribution in [2.24, 2.45) is 0 Å². The van der Waals surface area contributed by atoms with E-state index in [1.54, 1.807) is 37.4 Å². The van der Waals surface area contributed by atoms with Crippen molar-refractivity contribution in [1.82, 2.24) is 10.3 Å². The van der Waals surface area contributed by atoms with Crippen LogP contribution < -0.4 is 16.4 Å². The Kier molecular flexibility index (Phi) is 8.84. The van der Waals surface area contributed by atoms with E-state index in [2.05, 4.69) is 15.6 Å². The van der Waals surface area contributed by atoms with Gasteiger partial charge >= 0.3 is 0 Å². The number of anilines is 2. The third-order valence-corrected chi connectivity index (χ3v) is 6.18. The van der Waals surface area contributed by atoms with Gasteiger partial charge in [-0.1, -0.05) is 6.07 Å². The van der Waals surface area contributed by atoms with Gasteiger partial charge in [-0.15, -0.1) is 0 Å². The van der Waals surface area contributed by atoms with Crippen LogP contribution in [-0.4, -0.2) is 41.5 Å². The molecule has 1 heterocycles. The van der Waals surface area contributed by atoms with Crippen LogP contribution in [0.15, 0.2) is 48.7 Å². The van der Waals surface area contributed by atoms with E-state index in [0.717, 1.165) is 47.7 Å². The van der Waals surface area contributed by atoms with Crippen LogP contribution in [0.4, 0.5) is 20.3 Å². The second-order valence-electron chi connectivity index (χ2n) is 8.87. The zero-order valence-corrected chi connectivity index (χ0v) is 20.4. The van der Waals surface area contributed by atoms with Crippen LogP contribution in [0.5, 0.6) is 0 Å². The Hall–Kier alpha value is -3.69. The number of carbonyl (C=O) groups excluding carboxylic acids is 2. The standard InChI is InChI=1S/C22H19F2N3O2.C5H11NO/c1-12-5-19(3-4-20(12)15-6-16(11-28)21(25)26-10-15)27-22(29)13(2)14-7-17(23)9-18(24)8-14;1-6-4-2-5(7)3-4/h3-11,13H,1-2H3,(H2,25,26)(H,27,29);4-7H,2-3H2,1H3. The lowest BCUT2D eigenvalue weighted by Gasteiger charge is -2.30. The molecule has 1 aliphatic rings. The van der Waals surface area contributed by atoms with Gasteiger partial charge in [-0.05, 0) is 80.8 Å². The zero-order chi connectivity index (χ0) is 26.4. The number of aromatic nitrogens is 1. The number of aliphatic hydroxyl groups excluding tert-OH is 1. The maximum Gasteiger partial charge on any atom is 0.231 e. The SMILES string of the molecule is CNC1CC(O)C1.Cc1cc(NC(=O)C(C)c2cc(F)cc(F)c2)ccc1-c1cnc(N)c(C=O)c1. The van der Waals surface area contributed by atoms with Crippen molar-refractivity contribution < 1.29 is 23.5 Å². The number of aliphatic hydroxyl groups is 1. The highest BCUT2D eigenvalue weighted by Crippen LogP contribution is 2.28. The molecule has 3 aromatic rings. The lowest BCUT2D eigenvalue weighted by atomic mass is 9.90. The predicted octanol–water partition coefficient (Wildman–Crippen LogP) is 4.20. The zero-order valence-electron chi connectivity index (χ0n) is 20.4. The number of hydrogen-bond donors (Lipinski definition) is 4. The molecule has 1 aromatic heterocycles. The average Bonchev–Trinajstić information content (AvgIpc) is 2.82. The Morgan fingerprint density at radius 3 is 2.36 bits per heavy atom. The number of benzene rings is 2. The lowest BCUT2D eigenvalue weighted by molar-refractivity contribution is -0.117. The smallest absolute Gasteiger partial charge is 0.231 e. The van der Waals surface area contributed by atoms with E-state index in [1.165, 1.54) is 0 Å². The van der Waals surface area contributed by atoms with Crippen LogP contribution in [0.25, 0.3) is 11.1 Å². The fraction of sp³-hybridized carbons (Fsp3) is 0.296. The van der Waals surface area contributed by atoms with Crippen molar-refractivity contribution in [2.45, 2.75) is 44.8 Å². The van der Waals surface area contributed by atoms with Gasteiger partial charge < -0.3 is 21.5 Å². The van der Waals surface area contributed by atoms with Gasteiger partial charge in [-0.2, -0.15) is 0 Å². The number of aryl methyl sites for hydroxylation is 1. The normalized spacial score (nSPS) is 17.3. The number of rotatable bonds is 6. The number of hydrogen-bond acceptors (Lipinski definition) is 6. The number of carbonyl (C=O) groups is 2. The molecule has 5 N–H and O–H groups in total. The van der Waals surface area contributed by atoms with Crippen molar-refractivity contribution in [2.75, 3.05) is 18.1 Å². The fourth-order valence-electron chi connectivity index (χ4n) is 3.85. The molecule has 4 rings (SSSR count). The molecule has 0 saturated heterocycles. The second-order valence-corrected chi connectivity index (χ2v) is 8.87. The van der Waals surface area contributed by atoms with Crippen LogP contribution in [0.1, 0.15) is 47.2 Å². The summed E-state index contributed by atoms with van der Waals surface area (Å²) in [7, 11) is 1.93. The topological polar surface area (TPSA) is 117 Å². The number of aldehydes is 1.